The van der Waals surface area contributed by atoms with Gasteiger partial charge in [-0.1, -0.05) is 33.9 Å². The summed E-state index contributed by atoms with van der Waals surface area (Å²) in [5.41, 5.74) is 0. The van der Waals surface area contributed by atoms with E-state index >= 15 is 0 Å². The van der Waals surface area contributed by atoms with Gasteiger partial charge in [0.05, 0.1) is 0 Å². The van der Waals surface area contributed by atoms with E-state index in [0.29, 0.717) is 0 Å². The van der Waals surface area contributed by atoms with Gasteiger partial charge < -0.3 is 25.0 Å². The molecule has 15 heteroatoms. The molecule has 0 spiro atoms. The van der Waals surface area contributed by atoms with Crippen LogP contribution in [0, 0.1) is 0 Å². The van der Waals surface area contributed by atoms with Gasteiger partial charge in [-0.15, -0.1) is 0 Å². The minimum Gasteiger partial charge on any atom is -0.456 e. The maximum absolute atomic E-state index is 7.45. The molecule has 1 fully saturated rings. The number of rotatable bonds is 16. The molecule has 0 aliphatic carbocycles. The Morgan fingerprint density at radius 3 is 1.45 bits per heavy atom. The first-order chi connectivity index (χ1) is 17.6. The Labute approximate surface area is 259 Å². The molecule has 0 saturated carbocycles. The Morgan fingerprint density at radius 1 is 0.525 bits per heavy atom. The lowest BCUT2D eigenvalue weighted by Crippen LogP contribution is -2.82. The van der Waals surface area contributed by atoms with Crippen LogP contribution in [-0.4, -0.2) is 80.0 Å². The third-order valence-electron chi connectivity index (χ3n) is 9.57. The molecule has 0 aromatic rings. The zero-order valence-corrected chi connectivity index (χ0v) is 38.9. The van der Waals surface area contributed by atoms with Crippen LogP contribution in [0.25, 0.3) is 0 Å². The Kier molecular flexibility index (Phi) is 13.5. The second kappa shape index (κ2) is 13.6. The molecule has 0 aromatic heterocycles. The summed E-state index contributed by atoms with van der Waals surface area (Å²) in [6.07, 6.45) is 0. The first kappa shape index (κ1) is 39.7. The molecular formula is C25H68O6Si9. The fraction of sp³-hybridized carbons (Fsp3) is 1.00. The van der Waals surface area contributed by atoms with E-state index in [9.17, 15) is 0 Å². The van der Waals surface area contributed by atoms with Crippen LogP contribution in [0.4, 0.5) is 0 Å². The molecule has 6 nitrogen and oxygen atoms in total. The highest BCUT2D eigenvalue weighted by atomic mass is 29.3. The van der Waals surface area contributed by atoms with Gasteiger partial charge in [-0.2, -0.15) is 0 Å². The van der Waals surface area contributed by atoms with Crippen molar-refractivity contribution in [3.63, 3.8) is 0 Å². The zero-order valence-electron chi connectivity index (χ0n) is 29.9. The molecule has 1 rings (SSSR count). The van der Waals surface area contributed by atoms with E-state index in [1.54, 1.807) is 0 Å². The lowest BCUT2D eigenvalue weighted by atomic mass is 10.9. The Morgan fingerprint density at radius 2 is 0.975 bits per heavy atom. The summed E-state index contributed by atoms with van der Waals surface area (Å²) in [5, 5.41) is 0. The highest BCUT2D eigenvalue weighted by molar-refractivity contribution is 7.45. The molecule has 3 atom stereocenters. The quantitative estimate of drug-likeness (QED) is 0.149. The smallest absolute Gasteiger partial charge is 0.327 e. The van der Waals surface area contributed by atoms with Crippen molar-refractivity contribution >= 4 is 73.4 Å². The summed E-state index contributed by atoms with van der Waals surface area (Å²) in [6, 6.07) is 6.57. The van der Waals surface area contributed by atoms with Gasteiger partial charge in [0.2, 0.25) is 7.83 Å². The summed E-state index contributed by atoms with van der Waals surface area (Å²) in [5.74, 6) is 0. The third kappa shape index (κ3) is 11.0. The largest absolute Gasteiger partial charge is 0.456 e. The SMILES string of the molecule is CC[Si](C)(C)OCC[Si](C)(C)[Si]1(C)O[Si](C)(CC[Si](C)(C)O[Si](C)(C)CC)O[Si](C)([Si](C)(C)O[Si](C)(C)CC)O1. The van der Waals surface area contributed by atoms with Crippen LogP contribution in [0.5, 0.6) is 0 Å². The van der Waals surface area contributed by atoms with Gasteiger partial charge in [-0.05, 0) is 121 Å². The van der Waals surface area contributed by atoms with Gasteiger partial charge in [0.25, 0.3) is 8.08 Å². The molecule has 0 N–H and O–H groups in total. The lowest BCUT2D eigenvalue weighted by Gasteiger charge is -2.58. The minimum absolute atomic E-state index is 0.830. The fourth-order valence-electron chi connectivity index (χ4n) is 5.05. The third-order valence-corrected chi connectivity index (χ3v) is 62.5. The lowest BCUT2D eigenvalue weighted by molar-refractivity contribution is 0.243. The Balaban J connectivity index is 3.45. The fourth-order valence-corrected chi connectivity index (χ4v) is 64.9. The van der Waals surface area contributed by atoms with Gasteiger partial charge in [-0.3, -0.25) is 0 Å². The van der Waals surface area contributed by atoms with Crippen LogP contribution in [0.3, 0.4) is 0 Å². The van der Waals surface area contributed by atoms with E-state index in [-0.39, 0.29) is 0 Å². The van der Waals surface area contributed by atoms with Crippen LogP contribution in [0.1, 0.15) is 20.8 Å². The number of hydrogen-bond donors (Lipinski definition) is 0. The van der Waals surface area contributed by atoms with Gasteiger partial charge in [0.15, 0.2) is 33.3 Å². The number of hydrogen-bond acceptors (Lipinski definition) is 6. The average Bonchev–Trinajstić information content (AvgIpc) is 2.75. The maximum Gasteiger partial charge on any atom is 0.327 e. The molecule has 0 bridgehead atoms. The van der Waals surface area contributed by atoms with Crippen molar-refractivity contribution in [3.8, 4) is 0 Å². The molecule has 1 heterocycles. The van der Waals surface area contributed by atoms with Crippen LogP contribution in [0.15, 0.2) is 0 Å². The molecule has 1 aliphatic rings. The molecule has 3 unspecified atom stereocenters. The summed E-state index contributed by atoms with van der Waals surface area (Å²) < 4.78 is 42.7. The van der Waals surface area contributed by atoms with Crippen LogP contribution in [0.2, 0.25) is 134 Å². The van der Waals surface area contributed by atoms with Crippen molar-refractivity contribution < 1.29 is 25.0 Å². The van der Waals surface area contributed by atoms with E-state index in [1.165, 1.54) is 0 Å². The van der Waals surface area contributed by atoms with Crippen LogP contribution < -0.4 is 0 Å². The van der Waals surface area contributed by atoms with Crippen molar-refractivity contribution in [3.05, 3.63) is 0 Å². The second-order valence-corrected chi connectivity index (χ2v) is 64.2. The van der Waals surface area contributed by atoms with Crippen molar-refractivity contribution in [1.82, 2.24) is 0 Å². The molecule has 40 heavy (non-hydrogen) atoms. The Bertz CT molecular complexity index is 842. The van der Waals surface area contributed by atoms with E-state index in [2.05, 4.69) is 119 Å². The standard InChI is InChI=1S/C25H68O6Si9/c1-19-32(4,5)26-22-23-36(12,13)39(17)29-38(16,25-24-35(10,11)27-33(6,7)20-2)30-40(18,31-39)37(14,15)28-34(8,9)21-3/h19-25H2,1-18H3. The van der Waals surface area contributed by atoms with Crippen LogP contribution in [-0.2, 0) is 25.0 Å². The van der Waals surface area contributed by atoms with Gasteiger partial charge in [-0.25, -0.2) is 0 Å². The van der Waals surface area contributed by atoms with Gasteiger partial charge >= 0.3 is 16.6 Å². The van der Waals surface area contributed by atoms with E-state index in [4.69, 9.17) is 25.0 Å². The minimum atomic E-state index is -2.67. The molecule has 1 saturated heterocycles. The maximum atomic E-state index is 7.45. The first-order valence-corrected chi connectivity index (χ1v) is 43.5. The molecule has 240 valence electrons. The molecule has 0 aromatic carbocycles. The van der Waals surface area contributed by atoms with Crippen molar-refractivity contribution in [1.29, 1.82) is 0 Å². The summed E-state index contributed by atoms with van der Waals surface area (Å²) >= 11 is 0. The molecule has 0 radical (unpaired) electrons. The van der Waals surface area contributed by atoms with E-state index < -0.39 is 73.4 Å². The van der Waals surface area contributed by atoms with Crippen LogP contribution >= 0.6 is 0 Å². The van der Waals surface area contributed by atoms with Crippen molar-refractivity contribution in [2.24, 2.45) is 0 Å². The van der Waals surface area contributed by atoms with Gasteiger partial charge in [0, 0.05) is 6.61 Å². The van der Waals surface area contributed by atoms with Gasteiger partial charge in [0.1, 0.15) is 7.59 Å². The van der Waals surface area contributed by atoms with Crippen molar-refractivity contribution in [2.75, 3.05) is 6.61 Å². The highest BCUT2D eigenvalue weighted by Gasteiger charge is 2.68. The van der Waals surface area contributed by atoms with Crippen molar-refractivity contribution in [2.45, 2.75) is 155 Å². The molecule has 1 aliphatic heterocycles. The van der Waals surface area contributed by atoms with E-state index in [1.807, 2.05) is 0 Å². The first-order valence-electron chi connectivity index (χ1n) is 15.8. The predicted molar refractivity (Wildman–Crippen MR) is 197 cm³/mol. The second-order valence-electron chi connectivity index (χ2n) is 16.1. The zero-order chi connectivity index (χ0) is 31.7. The normalized spacial score (nSPS) is 27.8. The molecule has 0 amide bonds. The summed E-state index contributed by atoms with van der Waals surface area (Å²) in [7, 11) is -18.9. The van der Waals surface area contributed by atoms with E-state index in [0.717, 1.165) is 42.9 Å². The predicted octanol–water partition coefficient (Wildman–Crippen LogP) is 9.27. The average molecular weight is 718 g/mol. The topological polar surface area (TPSA) is 55.4 Å². The Hall–Kier alpha value is 1.71. The highest BCUT2D eigenvalue weighted by Crippen LogP contribution is 2.44. The molecular weight excluding hydrogens is 649 g/mol. The summed E-state index contributed by atoms with van der Waals surface area (Å²) in [4.78, 5) is 0. The summed E-state index contributed by atoms with van der Waals surface area (Å²) in [6.45, 7) is 43.4. The monoisotopic (exact) mass is 716 g/mol.